The van der Waals surface area contributed by atoms with Crippen molar-refractivity contribution in [2.24, 2.45) is 0 Å². The molecule has 2 N–H and O–H groups in total. The van der Waals surface area contributed by atoms with Gasteiger partial charge in [-0.3, -0.25) is 0 Å². The number of thiazole rings is 1. The number of nitrogens with one attached hydrogen (secondary N) is 2. The molecule has 3 aromatic heterocycles. The van der Waals surface area contributed by atoms with Gasteiger partial charge in [0.2, 0.25) is 0 Å². The molecule has 0 aliphatic carbocycles. The van der Waals surface area contributed by atoms with E-state index in [0.717, 1.165) is 24.4 Å². The summed E-state index contributed by atoms with van der Waals surface area (Å²) >= 11 is 1.70. The Hall–Kier alpha value is -1.66. The maximum absolute atomic E-state index is 4.59. The van der Waals surface area contributed by atoms with E-state index in [9.17, 15) is 0 Å². The van der Waals surface area contributed by atoms with Crippen molar-refractivity contribution < 1.29 is 0 Å². The second-order valence-electron chi connectivity index (χ2n) is 4.16. The van der Waals surface area contributed by atoms with E-state index in [1.165, 1.54) is 10.5 Å². The number of aromatic nitrogens is 4. The number of imidazole rings is 1. The molecule has 4 rings (SSSR count). The van der Waals surface area contributed by atoms with E-state index in [2.05, 4.69) is 26.4 Å². The normalized spacial score (nSPS) is 19.6. The summed E-state index contributed by atoms with van der Waals surface area (Å²) in [5.41, 5.74) is 3.36. The first-order chi connectivity index (χ1) is 8.42. The zero-order valence-corrected chi connectivity index (χ0v) is 9.87. The van der Waals surface area contributed by atoms with Gasteiger partial charge in [0.1, 0.15) is 4.83 Å². The van der Waals surface area contributed by atoms with Crippen LogP contribution in [0.1, 0.15) is 23.1 Å². The Morgan fingerprint density at radius 3 is 3.41 bits per heavy atom. The molecule has 0 saturated carbocycles. The molecule has 3 aromatic rings. The topological polar surface area (TPSA) is 58.0 Å². The first-order valence-corrected chi connectivity index (χ1v) is 6.48. The molecule has 1 aliphatic rings. The smallest absolute Gasteiger partial charge is 0.119 e. The number of hydrogen-bond acceptors (Lipinski definition) is 4. The third kappa shape index (κ3) is 1.34. The van der Waals surface area contributed by atoms with Crippen LogP contribution in [0.25, 0.3) is 4.83 Å². The molecule has 0 aromatic carbocycles. The average molecular weight is 245 g/mol. The molecule has 1 atom stereocenters. The number of hydrogen-bond donors (Lipinski definition) is 2. The second-order valence-corrected chi connectivity index (χ2v) is 5.08. The van der Waals surface area contributed by atoms with Gasteiger partial charge >= 0.3 is 0 Å². The number of nitrogens with zero attached hydrogens (tertiary/aromatic N) is 3. The fourth-order valence-electron chi connectivity index (χ4n) is 2.35. The lowest BCUT2D eigenvalue weighted by atomic mass is 10.0. The van der Waals surface area contributed by atoms with Gasteiger partial charge in [-0.1, -0.05) is 0 Å². The lowest BCUT2D eigenvalue weighted by molar-refractivity contribution is 0.540. The highest BCUT2D eigenvalue weighted by Gasteiger charge is 2.25. The minimum atomic E-state index is 0.122. The van der Waals surface area contributed by atoms with E-state index in [1.807, 2.05) is 16.1 Å². The Bertz CT molecular complexity index is 636. The van der Waals surface area contributed by atoms with E-state index in [1.54, 1.807) is 17.7 Å². The van der Waals surface area contributed by atoms with Crippen molar-refractivity contribution in [3.63, 3.8) is 0 Å². The lowest BCUT2D eigenvalue weighted by Gasteiger charge is -2.21. The largest absolute Gasteiger partial charge is 0.348 e. The first-order valence-electron chi connectivity index (χ1n) is 5.60. The van der Waals surface area contributed by atoms with Crippen LogP contribution in [0.4, 0.5) is 0 Å². The van der Waals surface area contributed by atoms with Gasteiger partial charge in [0.15, 0.2) is 0 Å². The van der Waals surface area contributed by atoms with Crippen LogP contribution >= 0.6 is 11.3 Å². The molecule has 0 saturated heterocycles. The Kier molecular flexibility index (Phi) is 1.88. The number of H-pyrrole nitrogens is 1. The summed E-state index contributed by atoms with van der Waals surface area (Å²) in [4.78, 5) is 8.78. The van der Waals surface area contributed by atoms with Crippen LogP contribution in [0, 0.1) is 0 Å². The van der Waals surface area contributed by atoms with Crippen molar-refractivity contribution in [2.75, 3.05) is 6.54 Å². The summed E-state index contributed by atoms with van der Waals surface area (Å²) in [5.74, 6) is 0. The standard InChI is InChI=1S/C11H11N5S/c1-2-12-11(10-7(1)13-6-14-10)8-5-9-16(15-8)3-4-17-9/h3-6,11-12H,1-2H2,(H,13,14). The van der Waals surface area contributed by atoms with Crippen molar-refractivity contribution in [3.05, 3.63) is 41.1 Å². The molecular formula is C11H11N5S. The van der Waals surface area contributed by atoms with Gasteiger partial charge in [0.05, 0.1) is 23.8 Å². The third-order valence-corrected chi connectivity index (χ3v) is 3.96. The molecule has 86 valence electrons. The van der Waals surface area contributed by atoms with Crippen molar-refractivity contribution >= 4 is 16.2 Å². The van der Waals surface area contributed by atoms with Crippen LogP contribution in [-0.4, -0.2) is 26.1 Å². The monoisotopic (exact) mass is 245 g/mol. The molecule has 1 aliphatic heterocycles. The Labute approximate surface area is 102 Å². The molecule has 0 spiro atoms. The summed E-state index contributed by atoms with van der Waals surface area (Å²) in [6.45, 7) is 0.963. The molecule has 17 heavy (non-hydrogen) atoms. The van der Waals surface area contributed by atoms with Crippen LogP contribution in [0.2, 0.25) is 0 Å². The summed E-state index contributed by atoms with van der Waals surface area (Å²) < 4.78 is 1.92. The molecule has 4 heterocycles. The fraction of sp³-hybridized carbons (Fsp3) is 0.273. The van der Waals surface area contributed by atoms with Gasteiger partial charge in [-0.15, -0.1) is 11.3 Å². The van der Waals surface area contributed by atoms with Gasteiger partial charge in [-0.2, -0.15) is 5.10 Å². The van der Waals surface area contributed by atoms with Gasteiger partial charge in [-0.05, 0) is 6.07 Å². The fourth-order valence-corrected chi connectivity index (χ4v) is 3.07. The highest BCUT2D eigenvalue weighted by atomic mass is 32.1. The molecular weight excluding hydrogens is 234 g/mol. The van der Waals surface area contributed by atoms with Crippen LogP contribution in [0.3, 0.4) is 0 Å². The number of fused-ring (bicyclic) bond motifs is 2. The summed E-state index contributed by atoms with van der Waals surface area (Å²) in [7, 11) is 0. The number of aromatic amines is 1. The summed E-state index contributed by atoms with van der Waals surface area (Å²) in [6, 6.07) is 2.25. The predicted molar refractivity (Wildman–Crippen MR) is 65.2 cm³/mol. The zero-order valence-electron chi connectivity index (χ0n) is 9.05. The molecule has 5 nitrogen and oxygen atoms in total. The highest BCUT2D eigenvalue weighted by molar-refractivity contribution is 7.15. The van der Waals surface area contributed by atoms with Crippen molar-refractivity contribution in [3.8, 4) is 0 Å². The minimum absolute atomic E-state index is 0.122. The average Bonchev–Trinajstić information content (AvgIpc) is 3.02. The second kappa shape index (κ2) is 3.41. The zero-order chi connectivity index (χ0) is 11.2. The Morgan fingerprint density at radius 1 is 1.47 bits per heavy atom. The molecule has 1 unspecified atom stereocenters. The quantitative estimate of drug-likeness (QED) is 0.680. The number of rotatable bonds is 1. The molecule has 0 bridgehead atoms. The summed E-state index contributed by atoms with van der Waals surface area (Å²) in [5, 5.41) is 10.1. The van der Waals surface area contributed by atoms with Gasteiger partial charge in [0, 0.05) is 30.2 Å². The van der Waals surface area contributed by atoms with Gasteiger partial charge in [-0.25, -0.2) is 9.50 Å². The third-order valence-electron chi connectivity index (χ3n) is 3.16. The lowest BCUT2D eigenvalue weighted by Crippen LogP contribution is -2.31. The van der Waals surface area contributed by atoms with E-state index < -0.39 is 0 Å². The van der Waals surface area contributed by atoms with E-state index in [-0.39, 0.29) is 6.04 Å². The molecule has 0 amide bonds. The van der Waals surface area contributed by atoms with Crippen molar-refractivity contribution in [1.82, 2.24) is 24.9 Å². The van der Waals surface area contributed by atoms with Crippen LogP contribution in [0.5, 0.6) is 0 Å². The SMILES string of the molecule is c1nc2c([nH]1)CCNC2c1cc2sccn2n1. The van der Waals surface area contributed by atoms with Crippen molar-refractivity contribution in [1.29, 1.82) is 0 Å². The Morgan fingerprint density at radius 2 is 2.47 bits per heavy atom. The van der Waals surface area contributed by atoms with Crippen molar-refractivity contribution in [2.45, 2.75) is 12.5 Å². The molecule has 0 radical (unpaired) electrons. The van der Waals surface area contributed by atoms with Crippen LogP contribution < -0.4 is 5.32 Å². The van der Waals surface area contributed by atoms with E-state index in [0.29, 0.717) is 0 Å². The van der Waals surface area contributed by atoms with Gasteiger partial charge < -0.3 is 10.3 Å². The van der Waals surface area contributed by atoms with Crippen LogP contribution in [-0.2, 0) is 6.42 Å². The minimum Gasteiger partial charge on any atom is -0.348 e. The molecule has 0 fully saturated rings. The van der Waals surface area contributed by atoms with E-state index in [4.69, 9.17) is 0 Å². The highest BCUT2D eigenvalue weighted by Crippen LogP contribution is 2.26. The molecule has 6 heteroatoms. The first kappa shape index (κ1) is 9.38. The van der Waals surface area contributed by atoms with Crippen LogP contribution in [0.15, 0.2) is 24.0 Å². The predicted octanol–water partition coefficient (Wildman–Crippen LogP) is 1.35. The van der Waals surface area contributed by atoms with E-state index >= 15 is 0 Å². The maximum atomic E-state index is 4.59. The maximum Gasteiger partial charge on any atom is 0.119 e. The Balaban J connectivity index is 1.84. The van der Waals surface area contributed by atoms with Gasteiger partial charge in [0.25, 0.3) is 0 Å². The summed E-state index contributed by atoms with van der Waals surface area (Å²) in [6.07, 6.45) is 4.76.